The van der Waals surface area contributed by atoms with E-state index in [1.165, 1.54) is 11.1 Å². The third kappa shape index (κ3) is 2.55. The maximum atomic E-state index is 9.05. The fourth-order valence-electron chi connectivity index (χ4n) is 3.35. The highest BCUT2D eigenvalue weighted by Gasteiger charge is 2.14. The zero-order valence-electron chi connectivity index (χ0n) is 14.4. The molecule has 0 aliphatic rings. The molecule has 4 heteroatoms. The Bertz CT molecular complexity index is 1070. The smallest absolute Gasteiger partial charge is 0.145 e. The van der Waals surface area contributed by atoms with Gasteiger partial charge in [-0.1, -0.05) is 30.3 Å². The summed E-state index contributed by atoms with van der Waals surface area (Å²) in [6.45, 7) is 4.47. The van der Waals surface area contributed by atoms with Crippen molar-refractivity contribution in [2.24, 2.45) is 0 Å². The molecule has 0 saturated carbocycles. The van der Waals surface area contributed by atoms with Crippen LogP contribution in [-0.4, -0.2) is 27.9 Å². The summed E-state index contributed by atoms with van der Waals surface area (Å²) in [6, 6.07) is 14.3. The standard InChI is InChI=1S/C21H20N2O2/c1-14-6-3-4-8-18(14)23-13-15(2)17-12-22-20-16(21(17)23)7-5-9-19(20)25-11-10-24/h3-9,12-13,24H,10-11H2,1-2H3. The Morgan fingerprint density at radius 1 is 1.00 bits per heavy atom. The number of hydrogen-bond donors (Lipinski definition) is 1. The fraction of sp³-hybridized carbons (Fsp3) is 0.190. The summed E-state index contributed by atoms with van der Waals surface area (Å²) in [5.41, 5.74) is 5.52. The van der Waals surface area contributed by atoms with Crippen LogP contribution < -0.4 is 4.74 Å². The molecular formula is C21H20N2O2. The Balaban J connectivity index is 2.05. The molecule has 2 heterocycles. The van der Waals surface area contributed by atoms with Gasteiger partial charge >= 0.3 is 0 Å². The van der Waals surface area contributed by atoms with Gasteiger partial charge in [-0.3, -0.25) is 4.98 Å². The van der Waals surface area contributed by atoms with Crippen molar-refractivity contribution in [3.8, 4) is 11.4 Å². The number of hydrogen-bond acceptors (Lipinski definition) is 3. The molecule has 126 valence electrons. The molecule has 0 radical (unpaired) electrons. The molecular weight excluding hydrogens is 312 g/mol. The molecule has 4 aromatic rings. The molecule has 0 amide bonds. The summed E-state index contributed by atoms with van der Waals surface area (Å²) in [5, 5.41) is 11.2. The van der Waals surface area contributed by atoms with Crippen molar-refractivity contribution in [1.82, 2.24) is 9.55 Å². The van der Waals surface area contributed by atoms with Gasteiger partial charge < -0.3 is 14.4 Å². The average molecular weight is 332 g/mol. The molecule has 4 nitrogen and oxygen atoms in total. The lowest BCUT2D eigenvalue weighted by molar-refractivity contribution is 0.202. The van der Waals surface area contributed by atoms with Crippen LogP contribution in [0.25, 0.3) is 27.5 Å². The predicted octanol–water partition coefficient (Wildman–Crippen LogP) is 4.17. The lowest BCUT2D eigenvalue weighted by atomic mass is 10.1. The average Bonchev–Trinajstić information content (AvgIpc) is 2.97. The quantitative estimate of drug-likeness (QED) is 0.610. The molecule has 4 rings (SSSR count). The summed E-state index contributed by atoms with van der Waals surface area (Å²) in [4.78, 5) is 4.63. The van der Waals surface area contributed by atoms with Crippen LogP contribution in [0.15, 0.2) is 54.9 Å². The normalized spacial score (nSPS) is 11.3. The van der Waals surface area contributed by atoms with Crippen LogP contribution in [0.2, 0.25) is 0 Å². The van der Waals surface area contributed by atoms with Gasteiger partial charge in [-0.05, 0) is 37.1 Å². The second-order valence-corrected chi connectivity index (χ2v) is 6.21. The lowest BCUT2D eigenvalue weighted by Gasteiger charge is -2.12. The third-order valence-corrected chi connectivity index (χ3v) is 4.54. The Hall–Kier alpha value is -2.85. The molecule has 0 aliphatic carbocycles. The van der Waals surface area contributed by atoms with E-state index in [1.807, 2.05) is 18.3 Å². The van der Waals surface area contributed by atoms with Crippen LogP contribution in [-0.2, 0) is 0 Å². The molecule has 0 aliphatic heterocycles. The number of para-hydroxylation sites is 2. The summed E-state index contributed by atoms with van der Waals surface area (Å²) in [7, 11) is 0. The van der Waals surface area contributed by atoms with E-state index in [0.29, 0.717) is 5.75 Å². The van der Waals surface area contributed by atoms with Gasteiger partial charge in [0, 0.05) is 28.9 Å². The number of benzene rings is 2. The van der Waals surface area contributed by atoms with Gasteiger partial charge in [0.1, 0.15) is 17.9 Å². The molecule has 0 bridgehead atoms. The van der Waals surface area contributed by atoms with Gasteiger partial charge in [0.2, 0.25) is 0 Å². The van der Waals surface area contributed by atoms with Crippen molar-refractivity contribution in [1.29, 1.82) is 0 Å². The first-order chi connectivity index (χ1) is 12.2. The van der Waals surface area contributed by atoms with Crippen LogP contribution in [0.5, 0.6) is 5.75 Å². The summed E-state index contributed by atoms with van der Waals surface area (Å²) in [6.07, 6.45) is 4.07. The SMILES string of the molecule is Cc1ccccc1-n1cc(C)c2cnc3c(OCCO)cccc3c21. The highest BCUT2D eigenvalue weighted by Crippen LogP contribution is 2.34. The first-order valence-corrected chi connectivity index (χ1v) is 8.39. The Morgan fingerprint density at radius 2 is 1.84 bits per heavy atom. The van der Waals surface area contributed by atoms with Crippen LogP contribution >= 0.6 is 0 Å². The lowest BCUT2D eigenvalue weighted by Crippen LogP contribution is -2.02. The Kier molecular flexibility index (Phi) is 3.90. The summed E-state index contributed by atoms with van der Waals surface area (Å²) < 4.78 is 7.91. The minimum Gasteiger partial charge on any atom is -0.489 e. The number of nitrogens with zero attached hydrogens (tertiary/aromatic N) is 2. The van der Waals surface area contributed by atoms with Gasteiger partial charge in [0.25, 0.3) is 0 Å². The van der Waals surface area contributed by atoms with Crippen molar-refractivity contribution >= 4 is 21.8 Å². The molecule has 0 saturated heterocycles. The minimum absolute atomic E-state index is 0.0165. The largest absolute Gasteiger partial charge is 0.489 e. The molecule has 0 fully saturated rings. The van der Waals surface area contributed by atoms with Crippen molar-refractivity contribution in [2.75, 3.05) is 13.2 Å². The van der Waals surface area contributed by atoms with E-state index in [-0.39, 0.29) is 13.2 Å². The monoisotopic (exact) mass is 332 g/mol. The van der Waals surface area contributed by atoms with Crippen molar-refractivity contribution in [3.63, 3.8) is 0 Å². The number of aliphatic hydroxyl groups is 1. The molecule has 25 heavy (non-hydrogen) atoms. The van der Waals surface area contributed by atoms with E-state index in [4.69, 9.17) is 9.84 Å². The number of aryl methyl sites for hydroxylation is 2. The number of aromatic nitrogens is 2. The molecule has 0 spiro atoms. The highest BCUT2D eigenvalue weighted by atomic mass is 16.5. The van der Waals surface area contributed by atoms with E-state index >= 15 is 0 Å². The Labute approximate surface area is 146 Å². The number of ether oxygens (including phenoxy) is 1. The van der Waals surface area contributed by atoms with Gasteiger partial charge in [-0.25, -0.2) is 0 Å². The highest BCUT2D eigenvalue weighted by molar-refractivity contribution is 6.07. The second-order valence-electron chi connectivity index (χ2n) is 6.21. The van der Waals surface area contributed by atoms with Crippen molar-refractivity contribution in [3.05, 3.63) is 66.0 Å². The number of aliphatic hydroxyl groups excluding tert-OH is 1. The van der Waals surface area contributed by atoms with Gasteiger partial charge in [-0.2, -0.15) is 0 Å². The fourth-order valence-corrected chi connectivity index (χ4v) is 3.35. The van der Waals surface area contributed by atoms with E-state index in [1.54, 1.807) is 0 Å². The second kappa shape index (κ2) is 6.22. The number of pyridine rings is 1. The van der Waals surface area contributed by atoms with E-state index in [0.717, 1.165) is 27.5 Å². The molecule has 2 aromatic carbocycles. The number of fused-ring (bicyclic) bond motifs is 3. The van der Waals surface area contributed by atoms with Crippen molar-refractivity contribution in [2.45, 2.75) is 13.8 Å². The maximum Gasteiger partial charge on any atom is 0.145 e. The molecule has 0 atom stereocenters. The van der Waals surface area contributed by atoms with E-state index in [2.05, 4.69) is 59.9 Å². The number of rotatable bonds is 4. The van der Waals surface area contributed by atoms with E-state index in [9.17, 15) is 0 Å². The zero-order valence-corrected chi connectivity index (χ0v) is 14.4. The summed E-state index contributed by atoms with van der Waals surface area (Å²) in [5.74, 6) is 0.698. The van der Waals surface area contributed by atoms with Crippen LogP contribution in [0, 0.1) is 13.8 Å². The van der Waals surface area contributed by atoms with E-state index < -0.39 is 0 Å². The topological polar surface area (TPSA) is 47.3 Å². The molecule has 2 aromatic heterocycles. The van der Waals surface area contributed by atoms with Gasteiger partial charge in [0.15, 0.2) is 0 Å². The van der Waals surface area contributed by atoms with Gasteiger partial charge in [-0.15, -0.1) is 0 Å². The molecule has 1 N–H and O–H groups in total. The molecule has 0 unspecified atom stereocenters. The minimum atomic E-state index is -0.0165. The predicted molar refractivity (Wildman–Crippen MR) is 101 cm³/mol. The zero-order chi connectivity index (χ0) is 17.4. The summed E-state index contributed by atoms with van der Waals surface area (Å²) >= 11 is 0. The third-order valence-electron chi connectivity index (χ3n) is 4.54. The van der Waals surface area contributed by atoms with Gasteiger partial charge in [0.05, 0.1) is 12.1 Å². The Morgan fingerprint density at radius 3 is 2.64 bits per heavy atom. The van der Waals surface area contributed by atoms with Crippen LogP contribution in [0.3, 0.4) is 0 Å². The van der Waals surface area contributed by atoms with Crippen LogP contribution in [0.1, 0.15) is 11.1 Å². The van der Waals surface area contributed by atoms with Crippen molar-refractivity contribution < 1.29 is 9.84 Å². The first-order valence-electron chi connectivity index (χ1n) is 8.39. The maximum absolute atomic E-state index is 9.05. The van der Waals surface area contributed by atoms with Crippen LogP contribution in [0.4, 0.5) is 0 Å². The first kappa shape index (κ1) is 15.7.